The zero-order chi connectivity index (χ0) is 14.0. The zero-order valence-corrected chi connectivity index (χ0v) is 11.4. The molecule has 5 nitrogen and oxygen atoms in total. The van der Waals surface area contributed by atoms with Gasteiger partial charge in [0.2, 0.25) is 6.35 Å². The van der Waals surface area contributed by atoms with E-state index in [-0.39, 0.29) is 5.91 Å². The Morgan fingerprint density at radius 3 is 2.37 bits per heavy atom. The Morgan fingerprint density at radius 1 is 1.26 bits per heavy atom. The van der Waals surface area contributed by atoms with E-state index in [0.29, 0.717) is 12.1 Å². The number of hydrogen-bond acceptors (Lipinski definition) is 4. The van der Waals surface area contributed by atoms with E-state index in [0.717, 1.165) is 5.56 Å². The topological polar surface area (TPSA) is 47.0 Å². The molecule has 1 N–H and O–H groups in total. The van der Waals surface area contributed by atoms with E-state index in [9.17, 15) is 9.90 Å². The van der Waals surface area contributed by atoms with E-state index < -0.39 is 6.35 Å². The van der Waals surface area contributed by atoms with Crippen molar-refractivity contribution in [2.45, 2.75) is 12.9 Å². The first-order valence-electron chi connectivity index (χ1n) is 6.13. The van der Waals surface area contributed by atoms with Gasteiger partial charge in [-0.05, 0) is 17.7 Å². The Morgan fingerprint density at radius 2 is 1.89 bits per heavy atom. The van der Waals surface area contributed by atoms with Crippen molar-refractivity contribution in [2.24, 2.45) is 0 Å². The van der Waals surface area contributed by atoms with Gasteiger partial charge in [0.05, 0.1) is 0 Å². The number of aliphatic hydroxyl groups is 1. The fraction of sp³-hybridized carbons (Fsp3) is 0.357. The number of rotatable bonds is 3. The molecule has 0 aromatic heterocycles. The molecule has 1 aromatic rings. The van der Waals surface area contributed by atoms with Crippen LogP contribution in [0, 0.1) is 0 Å². The number of carbonyl (C=O) groups is 1. The molecule has 1 aliphatic heterocycles. The monoisotopic (exact) mass is 261 g/mol. The summed E-state index contributed by atoms with van der Waals surface area (Å²) in [6.07, 6.45) is 3.06. The van der Waals surface area contributed by atoms with Crippen LogP contribution in [0.5, 0.6) is 0 Å². The highest BCUT2D eigenvalue weighted by atomic mass is 16.3. The van der Waals surface area contributed by atoms with E-state index in [4.69, 9.17) is 0 Å². The summed E-state index contributed by atoms with van der Waals surface area (Å²) in [4.78, 5) is 16.9. The number of amides is 1. The fourth-order valence-electron chi connectivity index (χ4n) is 1.93. The molecule has 0 aliphatic carbocycles. The predicted octanol–water partition coefficient (Wildman–Crippen LogP) is 0.883. The van der Waals surface area contributed by atoms with Crippen LogP contribution in [0.2, 0.25) is 0 Å². The van der Waals surface area contributed by atoms with Crippen molar-refractivity contribution in [3.63, 3.8) is 0 Å². The van der Waals surface area contributed by atoms with Crippen LogP contribution in [0.15, 0.2) is 36.7 Å². The minimum atomic E-state index is -0.622. The van der Waals surface area contributed by atoms with Crippen molar-refractivity contribution < 1.29 is 9.90 Å². The quantitative estimate of drug-likeness (QED) is 0.877. The fourth-order valence-corrected chi connectivity index (χ4v) is 1.93. The smallest absolute Gasteiger partial charge is 0.253 e. The minimum Gasteiger partial charge on any atom is -0.356 e. The summed E-state index contributed by atoms with van der Waals surface area (Å²) in [5.41, 5.74) is 1.72. The maximum Gasteiger partial charge on any atom is 0.253 e. The lowest BCUT2D eigenvalue weighted by atomic mass is 10.1. The summed E-state index contributed by atoms with van der Waals surface area (Å²) in [5.74, 6) is -0.00705. The van der Waals surface area contributed by atoms with Crippen LogP contribution in [0.1, 0.15) is 15.9 Å². The second-order valence-electron chi connectivity index (χ2n) is 4.88. The second kappa shape index (κ2) is 5.32. The van der Waals surface area contributed by atoms with Gasteiger partial charge in [0.25, 0.3) is 5.91 Å². The van der Waals surface area contributed by atoms with Crippen molar-refractivity contribution >= 4 is 5.91 Å². The third kappa shape index (κ3) is 2.88. The van der Waals surface area contributed by atoms with E-state index in [1.165, 1.54) is 0 Å². The maximum absolute atomic E-state index is 11.8. The molecule has 1 amide bonds. The number of carbonyl (C=O) groups excluding carboxylic acids is 1. The molecule has 1 aromatic carbocycles. The van der Waals surface area contributed by atoms with Crippen molar-refractivity contribution in [1.82, 2.24) is 14.7 Å². The van der Waals surface area contributed by atoms with Gasteiger partial charge in [0.1, 0.15) is 0 Å². The van der Waals surface area contributed by atoms with Crippen molar-refractivity contribution in [1.29, 1.82) is 0 Å². The van der Waals surface area contributed by atoms with Crippen LogP contribution in [0.4, 0.5) is 0 Å². The lowest BCUT2D eigenvalue weighted by Gasteiger charge is -2.25. The summed E-state index contributed by atoms with van der Waals surface area (Å²) >= 11 is 0. The maximum atomic E-state index is 11.8. The normalized spacial score (nSPS) is 18.0. The van der Waals surface area contributed by atoms with Gasteiger partial charge >= 0.3 is 0 Å². The average molecular weight is 261 g/mol. The first kappa shape index (κ1) is 13.4. The molecule has 1 aliphatic rings. The average Bonchev–Trinajstić information content (AvgIpc) is 2.71. The van der Waals surface area contributed by atoms with Crippen LogP contribution >= 0.6 is 0 Å². The Kier molecular flexibility index (Phi) is 3.76. The number of nitrogens with zero attached hydrogens (tertiary/aromatic N) is 3. The molecule has 5 heteroatoms. The molecule has 1 atom stereocenters. The lowest BCUT2D eigenvalue weighted by molar-refractivity contribution is -0.0399. The molecule has 0 fully saturated rings. The Labute approximate surface area is 113 Å². The molecule has 102 valence electrons. The van der Waals surface area contributed by atoms with Crippen LogP contribution in [-0.2, 0) is 6.54 Å². The highest BCUT2D eigenvalue weighted by Gasteiger charge is 2.20. The van der Waals surface area contributed by atoms with E-state index >= 15 is 0 Å². The summed E-state index contributed by atoms with van der Waals surface area (Å²) in [7, 11) is 5.29. The van der Waals surface area contributed by atoms with Gasteiger partial charge in [-0.2, -0.15) is 0 Å². The molecule has 0 saturated heterocycles. The van der Waals surface area contributed by atoms with Crippen LogP contribution in [0.25, 0.3) is 0 Å². The van der Waals surface area contributed by atoms with E-state index in [1.54, 1.807) is 23.9 Å². The SMILES string of the molecule is CN(C)C(=O)c1ccc(CN2C=CN(C)C2O)cc1. The predicted molar refractivity (Wildman–Crippen MR) is 72.9 cm³/mol. The second-order valence-corrected chi connectivity index (χ2v) is 4.88. The standard InChI is InChI=1S/C14H19N3O2/c1-15(2)13(18)12-6-4-11(5-7-12)10-17-9-8-16(3)14(17)19/h4-9,14,19H,10H2,1-3H3. The van der Waals surface area contributed by atoms with Crippen molar-refractivity contribution in [3.05, 3.63) is 47.8 Å². The molecule has 19 heavy (non-hydrogen) atoms. The zero-order valence-electron chi connectivity index (χ0n) is 11.4. The first-order chi connectivity index (χ1) is 8.99. The van der Waals surface area contributed by atoms with Gasteiger partial charge in [0, 0.05) is 45.7 Å². The van der Waals surface area contributed by atoms with Crippen LogP contribution in [0.3, 0.4) is 0 Å². The van der Waals surface area contributed by atoms with Gasteiger partial charge in [0.15, 0.2) is 0 Å². The van der Waals surface area contributed by atoms with Gasteiger partial charge < -0.3 is 19.8 Å². The highest BCUT2D eigenvalue weighted by Crippen LogP contribution is 2.16. The molecule has 1 heterocycles. The Hall–Kier alpha value is -2.01. The number of aliphatic hydroxyl groups excluding tert-OH is 1. The summed E-state index contributed by atoms with van der Waals surface area (Å²) in [6.45, 7) is 0.610. The molecule has 0 spiro atoms. The van der Waals surface area contributed by atoms with E-state index in [2.05, 4.69) is 0 Å². The summed E-state index contributed by atoms with van der Waals surface area (Å²) < 4.78 is 0. The molecule has 0 radical (unpaired) electrons. The Balaban J connectivity index is 2.04. The minimum absolute atomic E-state index is 0.00705. The Bertz CT molecular complexity index is 482. The van der Waals surface area contributed by atoms with E-state index in [1.807, 2.05) is 48.6 Å². The summed E-state index contributed by atoms with van der Waals surface area (Å²) in [6, 6.07) is 7.45. The van der Waals surface area contributed by atoms with Gasteiger partial charge in [-0.3, -0.25) is 4.79 Å². The molecular formula is C14H19N3O2. The lowest BCUT2D eigenvalue weighted by Crippen LogP contribution is -2.35. The summed E-state index contributed by atoms with van der Waals surface area (Å²) in [5, 5.41) is 9.86. The third-order valence-electron chi connectivity index (χ3n) is 3.13. The van der Waals surface area contributed by atoms with Crippen LogP contribution < -0.4 is 0 Å². The van der Waals surface area contributed by atoms with Crippen molar-refractivity contribution in [2.75, 3.05) is 21.1 Å². The number of hydrogen-bond donors (Lipinski definition) is 1. The largest absolute Gasteiger partial charge is 0.356 e. The molecule has 1 unspecified atom stereocenters. The number of benzene rings is 1. The van der Waals surface area contributed by atoms with Gasteiger partial charge in [-0.1, -0.05) is 12.1 Å². The van der Waals surface area contributed by atoms with Crippen molar-refractivity contribution in [3.8, 4) is 0 Å². The van der Waals surface area contributed by atoms with Gasteiger partial charge in [-0.25, -0.2) is 0 Å². The molecule has 0 bridgehead atoms. The molecular weight excluding hydrogens is 242 g/mol. The van der Waals surface area contributed by atoms with Gasteiger partial charge in [-0.15, -0.1) is 0 Å². The third-order valence-corrected chi connectivity index (χ3v) is 3.13. The first-order valence-corrected chi connectivity index (χ1v) is 6.13. The van der Waals surface area contributed by atoms with Crippen LogP contribution in [-0.4, -0.2) is 53.2 Å². The molecule has 2 rings (SSSR count). The highest BCUT2D eigenvalue weighted by molar-refractivity contribution is 5.93. The molecule has 0 saturated carbocycles.